The Morgan fingerprint density at radius 1 is 1.12 bits per heavy atom. The second kappa shape index (κ2) is 6.68. The molecular weight excluding hydrogens is 332 g/mol. The summed E-state index contributed by atoms with van der Waals surface area (Å²) in [4.78, 5) is 38.0. The van der Waals surface area contributed by atoms with E-state index < -0.39 is 28.7 Å². The second-order valence-corrected chi connectivity index (χ2v) is 5.31. The van der Waals surface area contributed by atoms with Crippen LogP contribution in [-0.2, 0) is 6.54 Å². The molecule has 0 saturated carbocycles. The third kappa shape index (κ3) is 3.32. The molecule has 1 amide bonds. The first-order chi connectivity index (χ1) is 12.0. The maximum absolute atomic E-state index is 13.6. The van der Waals surface area contributed by atoms with Gasteiger partial charge in [-0.3, -0.25) is 14.4 Å². The van der Waals surface area contributed by atoms with Gasteiger partial charge in [0.05, 0.1) is 16.6 Å². The quantitative estimate of drug-likeness (QED) is 0.701. The van der Waals surface area contributed by atoms with E-state index in [0.29, 0.717) is 5.52 Å². The van der Waals surface area contributed by atoms with Crippen molar-refractivity contribution in [2.75, 3.05) is 6.54 Å². The molecule has 0 bridgehead atoms. The van der Waals surface area contributed by atoms with Gasteiger partial charge < -0.3 is 14.9 Å². The van der Waals surface area contributed by atoms with Crippen molar-refractivity contribution in [1.29, 1.82) is 0 Å². The minimum Gasteiger partial charge on any atom is -0.350 e. The summed E-state index contributed by atoms with van der Waals surface area (Å²) in [7, 11) is 0. The summed E-state index contributed by atoms with van der Waals surface area (Å²) in [6.45, 7) is -0.0336. The van der Waals surface area contributed by atoms with Crippen LogP contribution in [0, 0.1) is 11.6 Å². The number of hydrogen-bond acceptors (Lipinski definition) is 3. The fourth-order valence-electron chi connectivity index (χ4n) is 2.50. The van der Waals surface area contributed by atoms with Crippen molar-refractivity contribution in [2.45, 2.75) is 6.54 Å². The number of benzene rings is 2. The molecule has 1 aromatic heterocycles. The topological polar surface area (TPSA) is 84.0 Å². The van der Waals surface area contributed by atoms with E-state index in [4.69, 9.17) is 0 Å². The van der Waals surface area contributed by atoms with E-state index in [2.05, 4.69) is 10.3 Å². The number of nitrogens with zero attached hydrogens (tertiary/aromatic N) is 1. The number of rotatable bonds is 4. The fourth-order valence-corrected chi connectivity index (χ4v) is 2.50. The molecule has 0 aliphatic carbocycles. The van der Waals surface area contributed by atoms with Crippen LogP contribution in [0.2, 0.25) is 0 Å². The number of H-pyrrole nitrogens is 1. The number of halogens is 2. The molecule has 0 aliphatic rings. The Balaban J connectivity index is 1.83. The lowest BCUT2D eigenvalue weighted by atomic mass is 10.2. The fraction of sp³-hybridized carbons (Fsp3) is 0.118. The number of amides is 1. The van der Waals surface area contributed by atoms with E-state index in [1.54, 1.807) is 0 Å². The Bertz CT molecular complexity index is 1070. The predicted octanol–water partition coefficient (Wildman–Crippen LogP) is 1.40. The Labute approximate surface area is 139 Å². The molecular formula is C17H13F2N3O3. The summed E-state index contributed by atoms with van der Waals surface area (Å²) in [6.07, 6.45) is 0. The van der Waals surface area contributed by atoms with Crippen molar-refractivity contribution in [3.05, 3.63) is 80.4 Å². The van der Waals surface area contributed by atoms with E-state index in [1.165, 1.54) is 24.3 Å². The molecule has 0 radical (unpaired) electrons. The molecule has 3 aromatic rings. The van der Waals surface area contributed by atoms with Crippen LogP contribution in [0.15, 0.2) is 52.1 Å². The lowest BCUT2D eigenvalue weighted by Gasteiger charge is -2.11. The second-order valence-electron chi connectivity index (χ2n) is 5.31. The normalized spacial score (nSPS) is 10.8. The number of aromatic nitrogens is 2. The van der Waals surface area contributed by atoms with Gasteiger partial charge >= 0.3 is 11.1 Å². The third-order valence-electron chi connectivity index (χ3n) is 3.68. The highest BCUT2D eigenvalue weighted by Gasteiger charge is 2.12. The van der Waals surface area contributed by atoms with Crippen molar-refractivity contribution in [1.82, 2.24) is 14.9 Å². The van der Waals surface area contributed by atoms with Gasteiger partial charge in [0.2, 0.25) is 0 Å². The minimum atomic E-state index is -0.890. The number of carbonyl (C=O) groups is 1. The van der Waals surface area contributed by atoms with E-state index in [9.17, 15) is 23.2 Å². The van der Waals surface area contributed by atoms with E-state index in [1.807, 2.05) is 0 Å². The molecule has 2 aromatic carbocycles. The zero-order valence-corrected chi connectivity index (χ0v) is 12.9. The maximum atomic E-state index is 13.6. The predicted molar refractivity (Wildman–Crippen MR) is 87.5 cm³/mol. The maximum Gasteiger partial charge on any atom is 0.316 e. The smallest absolute Gasteiger partial charge is 0.316 e. The average molecular weight is 345 g/mol. The van der Waals surface area contributed by atoms with Gasteiger partial charge in [0.1, 0.15) is 11.6 Å². The standard InChI is InChI=1S/C17H13F2N3O3/c18-10-5-6-14-13(9-10)21-16(24)17(25)22(14)8-7-20-15(23)11-3-1-2-4-12(11)19/h1-6,9H,7-8H2,(H,20,23)(H,21,24). The zero-order valence-electron chi connectivity index (χ0n) is 12.9. The van der Waals surface area contributed by atoms with Gasteiger partial charge in [-0.1, -0.05) is 12.1 Å². The first-order valence-electron chi connectivity index (χ1n) is 7.42. The van der Waals surface area contributed by atoms with Gasteiger partial charge in [0.15, 0.2) is 0 Å². The first kappa shape index (κ1) is 16.6. The van der Waals surface area contributed by atoms with Crippen LogP contribution in [0.1, 0.15) is 10.4 Å². The Hall–Kier alpha value is -3.29. The molecule has 0 spiro atoms. The molecule has 0 aliphatic heterocycles. The van der Waals surface area contributed by atoms with E-state index in [-0.39, 0.29) is 24.2 Å². The molecule has 128 valence electrons. The number of carbonyl (C=O) groups excluding carboxylic acids is 1. The van der Waals surface area contributed by atoms with Crippen LogP contribution in [0.5, 0.6) is 0 Å². The van der Waals surface area contributed by atoms with Gasteiger partial charge in [-0.25, -0.2) is 8.78 Å². The molecule has 2 N–H and O–H groups in total. The first-order valence-corrected chi connectivity index (χ1v) is 7.42. The van der Waals surface area contributed by atoms with Crippen molar-refractivity contribution in [3.63, 3.8) is 0 Å². The monoisotopic (exact) mass is 345 g/mol. The molecule has 3 rings (SSSR count). The summed E-state index contributed by atoms with van der Waals surface area (Å²) in [5.74, 6) is -1.85. The van der Waals surface area contributed by atoms with Crippen molar-refractivity contribution < 1.29 is 13.6 Å². The number of hydrogen-bond donors (Lipinski definition) is 2. The van der Waals surface area contributed by atoms with Crippen molar-refractivity contribution in [3.8, 4) is 0 Å². The number of nitrogens with one attached hydrogen (secondary N) is 2. The lowest BCUT2D eigenvalue weighted by molar-refractivity contribution is 0.0948. The minimum absolute atomic E-state index is 0.0109. The third-order valence-corrected chi connectivity index (χ3v) is 3.68. The molecule has 0 unspecified atom stereocenters. The summed E-state index contributed by atoms with van der Waals surface area (Å²) >= 11 is 0. The average Bonchev–Trinajstić information content (AvgIpc) is 2.58. The molecule has 8 heteroatoms. The summed E-state index contributed by atoms with van der Waals surface area (Å²) in [6, 6.07) is 9.12. The highest BCUT2D eigenvalue weighted by atomic mass is 19.1. The summed E-state index contributed by atoms with van der Waals surface area (Å²) in [5.41, 5.74) is -1.33. The molecule has 6 nitrogen and oxygen atoms in total. The summed E-state index contributed by atoms with van der Waals surface area (Å²) < 4.78 is 28.0. The van der Waals surface area contributed by atoms with Gasteiger partial charge in [0.25, 0.3) is 5.91 Å². The number of fused-ring (bicyclic) bond motifs is 1. The van der Waals surface area contributed by atoms with E-state index >= 15 is 0 Å². The van der Waals surface area contributed by atoms with Crippen LogP contribution < -0.4 is 16.4 Å². The molecule has 1 heterocycles. The lowest BCUT2D eigenvalue weighted by Crippen LogP contribution is -2.39. The highest BCUT2D eigenvalue weighted by molar-refractivity contribution is 5.94. The summed E-state index contributed by atoms with van der Waals surface area (Å²) in [5, 5.41) is 2.49. The van der Waals surface area contributed by atoms with E-state index in [0.717, 1.165) is 22.8 Å². The largest absolute Gasteiger partial charge is 0.350 e. The van der Waals surface area contributed by atoms with Crippen molar-refractivity contribution >= 4 is 16.9 Å². The molecule has 25 heavy (non-hydrogen) atoms. The van der Waals surface area contributed by atoms with Gasteiger partial charge in [0, 0.05) is 13.1 Å². The number of aromatic amines is 1. The molecule has 0 saturated heterocycles. The molecule has 0 atom stereocenters. The molecule has 0 fully saturated rings. The van der Waals surface area contributed by atoms with Gasteiger partial charge in [-0.05, 0) is 30.3 Å². The SMILES string of the molecule is O=C(NCCn1c(=O)c(=O)[nH]c2cc(F)ccc21)c1ccccc1F. The van der Waals surface area contributed by atoms with Gasteiger partial charge in [-0.15, -0.1) is 0 Å². The van der Waals surface area contributed by atoms with Crippen LogP contribution in [0.4, 0.5) is 8.78 Å². The van der Waals surface area contributed by atoms with Crippen molar-refractivity contribution in [2.24, 2.45) is 0 Å². The highest BCUT2D eigenvalue weighted by Crippen LogP contribution is 2.10. The Morgan fingerprint density at radius 2 is 1.88 bits per heavy atom. The van der Waals surface area contributed by atoms with Crippen LogP contribution in [0.3, 0.4) is 0 Å². The van der Waals surface area contributed by atoms with Crippen LogP contribution in [-0.4, -0.2) is 22.0 Å². The van der Waals surface area contributed by atoms with Gasteiger partial charge in [-0.2, -0.15) is 0 Å². The Kier molecular flexibility index (Phi) is 4.42. The Morgan fingerprint density at radius 3 is 2.64 bits per heavy atom. The van der Waals surface area contributed by atoms with Crippen LogP contribution >= 0.6 is 0 Å². The van der Waals surface area contributed by atoms with Crippen LogP contribution in [0.25, 0.3) is 11.0 Å². The zero-order chi connectivity index (χ0) is 18.0.